The van der Waals surface area contributed by atoms with Gasteiger partial charge in [-0.05, 0) is 33.0 Å². The van der Waals surface area contributed by atoms with Crippen LogP contribution in [-0.2, 0) is 0 Å². The maximum absolute atomic E-state index is 11.1. The highest BCUT2D eigenvalue weighted by atomic mass is 16.6. The standard InChI is InChI=1S/C11H18N6O2/c1-12-10-9(17(18)19)11(14-7-13-10)15-8-3-5-16(2)6-4-8/h7-8H,3-6H2,1-2H3,(H2,12,13,14,15). The molecule has 0 spiro atoms. The molecule has 8 heteroatoms. The molecule has 1 aliphatic rings. The van der Waals surface area contributed by atoms with Crippen LogP contribution in [0.5, 0.6) is 0 Å². The van der Waals surface area contributed by atoms with Crippen LogP contribution in [0.4, 0.5) is 17.3 Å². The number of anilines is 2. The molecule has 2 N–H and O–H groups in total. The number of nitrogens with one attached hydrogen (secondary N) is 2. The van der Waals surface area contributed by atoms with Crippen molar-refractivity contribution >= 4 is 17.3 Å². The molecule has 0 radical (unpaired) electrons. The molecule has 0 bridgehead atoms. The molecular formula is C11H18N6O2. The molecule has 0 saturated carbocycles. The number of likely N-dealkylation sites (tertiary alicyclic amines) is 1. The molecule has 104 valence electrons. The van der Waals surface area contributed by atoms with Crippen molar-refractivity contribution < 1.29 is 4.92 Å². The summed E-state index contributed by atoms with van der Waals surface area (Å²) >= 11 is 0. The van der Waals surface area contributed by atoms with Gasteiger partial charge >= 0.3 is 5.69 Å². The third kappa shape index (κ3) is 3.08. The molecule has 1 fully saturated rings. The average molecular weight is 266 g/mol. The minimum absolute atomic E-state index is 0.0936. The van der Waals surface area contributed by atoms with Gasteiger partial charge < -0.3 is 15.5 Å². The zero-order valence-corrected chi connectivity index (χ0v) is 11.1. The summed E-state index contributed by atoms with van der Waals surface area (Å²) in [4.78, 5) is 20.8. The van der Waals surface area contributed by atoms with E-state index in [1.54, 1.807) is 7.05 Å². The van der Waals surface area contributed by atoms with Crippen LogP contribution in [-0.4, -0.2) is 53.0 Å². The van der Waals surface area contributed by atoms with Crippen LogP contribution in [0.25, 0.3) is 0 Å². The van der Waals surface area contributed by atoms with Gasteiger partial charge in [-0.1, -0.05) is 0 Å². The summed E-state index contributed by atoms with van der Waals surface area (Å²) in [6, 6.07) is 0.217. The zero-order chi connectivity index (χ0) is 13.8. The Morgan fingerprint density at radius 1 is 1.37 bits per heavy atom. The summed E-state index contributed by atoms with van der Waals surface area (Å²) in [6.45, 7) is 1.96. The predicted molar refractivity (Wildman–Crippen MR) is 72.4 cm³/mol. The Morgan fingerprint density at radius 3 is 2.58 bits per heavy atom. The number of rotatable bonds is 4. The van der Waals surface area contributed by atoms with Gasteiger partial charge in [0.15, 0.2) is 0 Å². The molecule has 0 atom stereocenters. The molecule has 2 heterocycles. The summed E-state index contributed by atoms with van der Waals surface area (Å²) < 4.78 is 0. The second-order valence-corrected chi connectivity index (χ2v) is 4.65. The lowest BCUT2D eigenvalue weighted by Crippen LogP contribution is -2.37. The number of hydrogen-bond acceptors (Lipinski definition) is 7. The van der Waals surface area contributed by atoms with Gasteiger partial charge in [0.25, 0.3) is 0 Å². The quantitative estimate of drug-likeness (QED) is 0.618. The van der Waals surface area contributed by atoms with Crippen LogP contribution in [0.15, 0.2) is 6.33 Å². The maximum atomic E-state index is 11.1. The molecule has 1 saturated heterocycles. The van der Waals surface area contributed by atoms with Gasteiger partial charge in [0.1, 0.15) is 6.33 Å². The molecule has 19 heavy (non-hydrogen) atoms. The lowest BCUT2D eigenvalue weighted by Gasteiger charge is -2.29. The van der Waals surface area contributed by atoms with Crippen molar-refractivity contribution in [1.29, 1.82) is 0 Å². The summed E-state index contributed by atoms with van der Waals surface area (Å²) in [5.74, 6) is 0.523. The Kier molecular flexibility index (Phi) is 4.10. The fraction of sp³-hybridized carbons (Fsp3) is 0.636. The summed E-state index contributed by atoms with van der Waals surface area (Å²) in [7, 11) is 3.68. The van der Waals surface area contributed by atoms with E-state index >= 15 is 0 Å². The maximum Gasteiger partial charge on any atom is 0.353 e. The van der Waals surface area contributed by atoms with Crippen molar-refractivity contribution in [3.63, 3.8) is 0 Å². The minimum Gasteiger partial charge on any atom is -0.367 e. The van der Waals surface area contributed by atoms with E-state index in [1.165, 1.54) is 6.33 Å². The summed E-state index contributed by atoms with van der Waals surface area (Å²) in [5.41, 5.74) is -0.0936. The molecule has 0 aliphatic carbocycles. The number of nitro groups is 1. The minimum atomic E-state index is -0.455. The van der Waals surface area contributed by atoms with Crippen LogP contribution >= 0.6 is 0 Å². The topological polar surface area (TPSA) is 96.2 Å². The van der Waals surface area contributed by atoms with Gasteiger partial charge in [-0.15, -0.1) is 0 Å². The molecule has 1 aromatic rings. The van der Waals surface area contributed by atoms with Gasteiger partial charge in [0.2, 0.25) is 11.6 Å². The lowest BCUT2D eigenvalue weighted by molar-refractivity contribution is -0.383. The SMILES string of the molecule is CNc1ncnc(NC2CCN(C)CC2)c1[N+](=O)[O-]. The fourth-order valence-electron chi connectivity index (χ4n) is 2.19. The number of piperidine rings is 1. The Hall–Kier alpha value is -1.96. The van der Waals surface area contributed by atoms with Crippen LogP contribution in [0.3, 0.4) is 0 Å². The van der Waals surface area contributed by atoms with Gasteiger partial charge in [0, 0.05) is 13.1 Å². The van der Waals surface area contributed by atoms with Crippen molar-refractivity contribution in [2.24, 2.45) is 0 Å². The molecule has 0 amide bonds. The third-order valence-corrected chi connectivity index (χ3v) is 3.30. The number of aromatic nitrogens is 2. The highest BCUT2D eigenvalue weighted by molar-refractivity contribution is 5.69. The van der Waals surface area contributed by atoms with E-state index in [-0.39, 0.29) is 17.5 Å². The van der Waals surface area contributed by atoms with Crippen molar-refractivity contribution in [2.75, 3.05) is 37.8 Å². The third-order valence-electron chi connectivity index (χ3n) is 3.30. The second-order valence-electron chi connectivity index (χ2n) is 4.65. The Morgan fingerprint density at radius 2 is 2.00 bits per heavy atom. The fourth-order valence-corrected chi connectivity index (χ4v) is 2.19. The van der Waals surface area contributed by atoms with E-state index < -0.39 is 4.92 Å². The molecule has 0 aromatic carbocycles. The van der Waals surface area contributed by atoms with Crippen molar-refractivity contribution in [2.45, 2.75) is 18.9 Å². The van der Waals surface area contributed by atoms with E-state index in [1.807, 2.05) is 0 Å². The molecule has 2 rings (SSSR count). The molecule has 1 aliphatic heterocycles. The van der Waals surface area contributed by atoms with E-state index in [0.29, 0.717) is 5.82 Å². The van der Waals surface area contributed by atoms with Crippen LogP contribution in [0.1, 0.15) is 12.8 Å². The van der Waals surface area contributed by atoms with E-state index in [4.69, 9.17) is 0 Å². The first kappa shape index (κ1) is 13.5. The predicted octanol–water partition coefficient (Wildman–Crippen LogP) is 0.933. The molecule has 8 nitrogen and oxygen atoms in total. The van der Waals surface area contributed by atoms with Crippen molar-refractivity contribution in [1.82, 2.24) is 14.9 Å². The highest BCUT2D eigenvalue weighted by Gasteiger charge is 2.25. The molecule has 1 aromatic heterocycles. The Labute approximate surface area is 111 Å². The van der Waals surface area contributed by atoms with E-state index in [2.05, 4.69) is 32.5 Å². The first-order chi connectivity index (χ1) is 9.11. The lowest BCUT2D eigenvalue weighted by atomic mass is 10.1. The number of nitrogens with zero attached hydrogens (tertiary/aromatic N) is 4. The highest BCUT2D eigenvalue weighted by Crippen LogP contribution is 2.29. The first-order valence-corrected chi connectivity index (χ1v) is 6.24. The molecular weight excluding hydrogens is 248 g/mol. The normalized spacial score (nSPS) is 17.2. The van der Waals surface area contributed by atoms with Gasteiger partial charge in [-0.3, -0.25) is 10.1 Å². The van der Waals surface area contributed by atoms with Gasteiger partial charge in [-0.25, -0.2) is 9.97 Å². The van der Waals surface area contributed by atoms with E-state index in [9.17, 15) is 10.1 Å². The summed E-state index contributed by atoms with van der Waals surface area (Å²) in [5, 5.41) is 17.0. The van der Waals surface area contributed by atoms with Gasteiger partial charge in [-0.2, -0.15) is 0 Å². The summed E-state index contributed by atoms with van der Waals surface area (Å²) in [6.07, 6.45) is 3.23. The zero-order valence-electron chi connectivity index (χ0n) is 11.1. The van der Waals surface area contributed by atoms with Crippen LogP contribution in [0, 0.1) is 10.1 Å². The molecule has 0 unspecified atom stereocenters. The van der Waals surface area contributed by atoms with Crippen LogP contribution in [0.2, 0.25) is 0 Å². The van der Waals surface area contributed by atoms with Crippen molar-refractivity contribution in [3.8, 4) is 0 Å². The monoisotopic (exact) mass is 266 g/mol. The number of hydrogen-bond donors (Lipinski definition) is 2. The van der Waals surface area contributed by atoms with Crippen LogP contribution < -0.4 is 10.6 Å². The second kappa shape index (κ2) is 5.79. The van der Waals surface area contributed by atoms with E-state index in [0.717, 1.165) is 25.9 Å². The van der Waals surface area contributed by atoms with Gasteiger partial charge in [0.05, 0.1) is 4.92 Å². The first-order valence-electron chi connectivity index (χ1n) is 6.24. The Bertz CT molecular complexity index is 458. The average Bonchev–Trinajstić information content (AvgIpc) is 2.40. The smallest absolute Gasteiger partial charge is 0.353 e. The largest absolute Gasteiger partial charge is 0.367 e. The Balaban J connectivity index is 2.17. The van der Waals surface area contributed by atoms with Crippen molar-refractivity contribution in [3.05, 3.63) is 16.4 Å².